The topological polar surface area (TPSA) is 50.9 Å². The minimum atomic E-state index is 0.577. The number of nitrogens with one attached hydrogen (secondary N) is 1. The van der Waals surface area contributed by atoms with E-state index >= 15 is 0 Å². The third-order valence-corrected chi connectivity index (χ3v) is 3.83. The second-order valence-electron chi connectivity index (χ2n) is 3.99. The molecular formula is C13H17N3S. The van der Waals surface area contributed by atoms with Crippen molar-refractivity contribution in [3.05, 3.63) is 46.0 Å². The highest BCUT2D eigenvalue weighted by Gasteiger charge is 2.04. The lowest BCUT2D eigenvalue weighted by Crippen LogP contribution is -2.06. The Bertz CT molecular complexity index is 486. The fourth-order valence-corrected chi connectivity index (χ4v) is 2.46. The lowest BCUT2D eigenvalue weighted by atomic mass is 10.1. The number of hydrogen-bond acceptors (Lipinski definition) is 4. The highest BCUT2D eigenvalue weighted by molar-refractivity contribution is 7.15. The Morgan fingerprint density at radius 1 is 1.24 bits per heavy atom. The van der Waals surface area contributed by atoms with Crippen LogP contribution in [0.4, 0.5) is 5.13 Å². The molecule has 0 radical (unpaired) electrons. The Labute approximate surface area is 106 Å². The second kappa shape index (κ2) is 5.29. The number of hydrogen-bond donors (Lipinski definition) is 2. The van der Waals surface area contributed by atoms with Gasteiger partial charge in [-0.25, -0.2) is 4.98 Å². The molecule has 0 spiro atoms. The molecule has 2 aromatic rings. The van der Waals surface area contributed by atoms with Gasteiger partial charge in [-0.3, -0.25) is 0 Å². The average Bonchev–Trinajstić information content (AvgIpc) is 2.66. The van der Waals surface area contributed by atoms with Gasteiger partial charge in [0.15, 0.2) is 5.13 Å². The number of benzene rings is 1. The number of rotatable bonds is 4. The summed E-state index contributed by atoms with van der Waals surface area (Å²) < 4.78 is 0. The third-order valence-electron chi connectivity index (χ3n) is 2.80. The SMILES string of the molecule is Cc1nc(NCc2ccccc2CN)sc1C. The first-order valence-electron chi connectivity index (χ1n) is 5.65. The van der Waals surface area contributed by atoms with E-state index in [1.54, 1.807) is 11.3 Å². The molecular weight excluding hydrogens is 230 g/mol. The molecule has 3 nitrogen and oxygen atoms in total. The smallest absolute Gasteiger partial charge is 0.183 e. The van der Waals surface area contributed by atoms with Crippen LogP contribution in [0.2, 0.25) is 0 Å². The molecule has 0 bridgehead atoms. The summed E-state index contributed by atoms with van der Waals surface area (Å²) in [6.45, 7) is 5.48. The minimum Gasteiger partial charge on any atom is -0.357 e. The van der Waals surface area contributed by atoms with Crippen LogP contribution >= 0.6 is 11.3 Å². The molecule has 0 aliphatic heterocycles. The fraction of sp³-hybridized carbons (Fsp3) is 0.308. The Hall–Kier alpha value is -1.39. The molecule has 0 unspecified atom stereocenters. The molecule has 17 heavy (non-hydrogen) atoms. The number of anilines is 1. The Balaban J connectivity index is 2.07. The van der Waals surface area contributed by atoms with Gasteiger partial charge in [0, 0.05) is 18.0 Å². The largest absolute Gasteiger partial charge is 0.357 e. The van der Waals surface area contributed by atoms with Gasteiger partial charge in [-0.05, 0) is 25.0 Å². The van der Waals surface area contributed by atoms with Crippen LogP contribution in [0.25, 0.3) is 0 Å². The second-order valence-corrected chi connectivity index (χ2v) is 5.19. The molecule has 0 aliphatic rings. The molecule has 0 saturated heterocycles. The number of aryl methyl sites for hydroxylation is 2. The van der Waals surface area contributed by atoms with E-state index < -0.39 is 0 Å². The van der Waals surface area contributed by atoms with E-state index in [9.17, 15) is 0 Å². The summed E-state index contributed by atoms with van der Waals surface area (Å²) in [5.41, 5.74) is 9.23. The molecule has 0 saturated carbocycles. The highest BCUT2D eigenvalue weighted by atomic mass is 32.1. The van der Waals surface area contributed by atoms with Gasteiger partial charge in [0.25, 0.3) is 0 Å². The van der Waals surface area contributed by atoms with Crippen LogP contribution in [0.5, 0.6) is 0 Å². The van der Waals surface area contributed by atoms with Crippen LogP contribution in [-0.2, 0) is 13.1 Å². The van der Waals surface area contributed by atoms with Crippen molar-refractivity contribution in [2.45, 2.75) is 26.9 Å². The minimum absolute atomic E-state index is 0.577. The van der Waals surface area contributed by atoms with Crippen LogP contribution in [0.3, 0.4) is 0 Å². The zero-order valence-corrected chi connectivity index (χ0v) is 11.0. The fourth-order valence-electron chi connectivity index (χ4n) is 1.65. The van der Waals surface area contributed by atoms with Crippen LogP contribution in [0.15, 0.2) is 24.3 Å². The van der Waals surface area contributed by atoms with Gasteiger partial charge in [0.05, 0.1) is 5.69 Å². The van der Waals surface area contributed by atoms with Crippen molar-refractivity contribution in [1.82, 2.24) is 4.98 Å². The summed E-state index contributed by atoms with van der Waals surface area (Å²) in [6, 6.07) is 8.22. The number of nitrogens with zero attached hydrogens (tertiary/aromatic N) is 1. The summed E-state index contributed by atoms with van der Waals surface area (Å²) >= 11 is 1.69. The molecule has 3 N–H and O–H groups in total. The zero-order chi connectivity index (χ0) is 12.3. The summed E-state index contributed by atoms with van der Waals surface area (Å²) in [7, 11) is 0. The molecule has 0 amide bonds. The van der Waals surface area contributed by atoms with Crippen LogP contribution in [0.1, 0.15) is 21.7 Å². The van der Waals surface area contributed by atoms with Crippen molar-refractivity contribution in [2.75, 3.05) is 5.32 Å². The predicted molar refractivity (Wildman–Crippen MR) is 73.2 cm³/mol. The van der Waals surface area contributed by atoms with Gasteiger partial charge >= 0.3 is 0 Å². The number of thiazole rings is 1. The maximum absolute atomic E-state index is 5.71. The maximum Gasteiger partial charge on any atom is 0.183 e. The third kappa shape index (κ3) is 2.84. The van der Waals surface area contributed by atoms with E-state index in [1.165, 1.54) is 16.0 Å². The molecule has 0 fully saturated rings. The first-order valence-corrected chi connectivity index (χ1v) is 6.47. The van der Waals surface area contributed by atoms with Gasteiger partial charge in [-0.15, -0.1) is 11.3 Å². The lowest BCUT2D eigenvalue weighted by molar-refractivity contribution is 1.00. The van der Waals surface area contributed by atoms with Gasteiger partial charge < -0.3 is 11.1 Å². The number of aromatic nitrogens is 1. The Morgan fingerprint density at radius 3 is 2.53 bits per heavy atom. The maximum atomic E-state index is 5.71. The summed E-state index contributed by atoms with van der Waals surface area (Å²) in [6.07, 6.45) is 0. The standard InChI is InChI=1S/C13H17N3S/c1-9-10(2)17-13(16-9)15-8-12-6-4-3-5-11(12)7-14/h3-6H,7-8,14H2,1-2H3,(H,15,16). The first kappa shape index (κ1) is 12.1. The normalized spacial score (nSPS) is 10.5. The predicted octanol–water partition coefficient (Wildman–Crippen LogP) is 2.83. The molecule has 1 aromatic heterocycles. The van der Waals surface area contributed by atoms with Crippen LogP contribution < -0.4 is 11.1 Å². The molecule has 4 heteroatoms. The molecule has 2 rings (SSSR count). The Morgan fingerprint density at radius 2 is 1.94 bits per heavy atom. The molecule has 1 heterocycles. The van der Waals surface area contributed by atoms with Gasteiger partial charge in [-0.1, -0.05) is 24.3 Å². The van der Waals surface area contributed by atoms with E-state index in [2.05, 4.69) is 29.4 Å². The molecule has 1 aromatic carbocycles. The molecule has 90 valence electrons. The van der Waals surface area contributed by atoms with Crippen molar-refractivity contribution in [1.29, 1.82) is 0 Å². The van der Waals surface area contributed by atoms with Gasteiger partial charge in [-0.2, -0.15) is 0 Å². The number of nitrogens with two attached hydrogens (primary N) is 1. The lowest BCUT2D eigenvalue weighted by Gasteiger charge is -2.07. The molecule has 0 aliphatic carbocycles. The van der Waals surface area contributed by atoms with E-state index in [-0.39, 0.29) is 0 Å². The average molecular weight is 247 g/mol. The van der Waals surface area contributed by atoms with E-state index in [1.807, 2.05) is 19.1 Å². The van der Waals surface area contributed by atoms with Gasteiger partial charge in [0.1, 0.15) is 0 Å². The van der Waals surface area contributed by atoms with E-state index in [4.69, 9.17) is 5.73 Å². The van der Waals surface area contributed by atoms with Crippen LogP contribution in [0, 0.1) is 13.8 Å². The van der Waals surface area contributed by atoms with Crippen LogP contribution in [-0.4, -0.2) is 4.98 Å². The van der Waals surface area contributed by atoms with E-state index in [0.29, 0.717) is 6.54 Å². The quantitative estimate of drug-likeness (QED) is 0.873. The highest BCUT2D eigenvalue weighted by Crippen LogP contribution is 2.22. The summed E-state index contributed by atoms with van der Waals surface area (Å²) in [5, 5.41) is 4.33. The summed E-state index contributed by atoms with van der Waals surface area (Å²) in [5.74, 6) is 0. The first-order chi connectivity index (χ1) is 8.20. The Kier molecular flexibility index (Phi) is 3.76. The monoisotopic (exact) mass is 247 g/mol. The van der Waals surface area contributed by atoms with Crippen molar-refractivity contribution in [3.8, 4) is 0 Å². The van der Waals surface area contributed by atoms with Crippen molar-refractivity contribution >= 4 is 16.5 Å². The van der Waals surface area contributed by atoms with E-state index in [0.717, 1.165) is 17.4 Å². The zero-order valence-electron chi connectivity index (χ0n) is 10.2. The summed E-state index contributed by atoms with van der Waals surface area (Å²) in [4.78, 5) is 5.72. The molecule has 0 atom stereocenters. The van der Waals surface area contributed by atoms with Crippen molar-refractivity contribution < 1.29 is 0 Å². The van der Waals surface area contributed by atoms with Crippen molar-refractivity contribution in [2.24, 2.45) is 5.73 Å². The van der Waals surface area contributed by atoms with Crippen molar-refractivity contribution in [3.63, 3.8) is 0 Å². The van der Waals surface area contributed by atoms with Gasteiger partial charge in [0.2, 0.25) is 0 Å².